The third-order valence-electron chi connectivity index (χ3n) is 2.91. The Labute approximate surface area is 121 Å². The molecule has 2 aromatic rings. The molecule has 2 rings (SSSR count). The molecule has 0 saturated carbocycles. The van der Waals surface area contributed by atoms with Gasteiger partial charge in [0.05, 0.1) is 23.1 Å². The van der Waals surface area contributed by atoms with Gasteiger partial charge in [-0.2, -0.15) is 0 Å². The lowest BCUT2D eigenvalue weighted by atomic mass is 10.1. The summed E-state index contributed by atoms with van der Waals surface area (Å²) in [6, 6.07) is 7.78. The van der Waals surface area contributed by atoms with Gasteiger partial charge >= 0.3 is 12.0 Å². The Morgan fingerprint density at radius 3 is 2.48 bits per heavy atom. The van der Waals surface area contributed by atoms with Crippen LogP contribution in [0.1, 0.15) is 21.6 Å². The number of aryl methyl sites for hydroxylation is 2. The number of para-hydroxylation sites is 1. The lowest BCUT2D eigenvalue weighted by molar-refractivity contribution is 0.0698. The SMILES string of the molecule is Cc1ccc(NC(=O)Nc2c(C)cccc2C(=O)O)cn1. The van der Waals surface area contributed by atoms with E-state index in [0.717, 1.165) is 5.69 Å². The standard InChI is InChI=1S/C15H15N3O3/c1-9-4-3-5-12(14(19)20)13(9)18-15(21)17-11-7-6-10(2)16-8-11/h3-8H,1-2H3,(H,19,20)(H2,17,18,21). The van der Waals surface area contributed by atoms with E-state index in [1.165, 1.54) is 12.3 Å². The van der Waals surface area contributed by atoms with Crippen molar-refractivity contribution in [2.24, 2.45) is 0 Å². The topological polar surface area (TPSA) is 91.3 Å². The average Bonchev–Trinajstić information content (AvgIpc) is 2.43. The quantitative estimate of drug-likeness (QED) is 0.808. The molecule has 0 unspecified atom stereocenters. The van der Waals surface area contributed by atoms with Gasteiger partial charge in [0.25, 0.3) is 0 Å². The van der Waals surface area contributed by atoms with Gasteiger partial charge < -0.3 is 15.7 Å². The molecule has 0 bridgehead atoms. The molecule has 3 N–H and O–H groups in total. The Balaban J connectivity index is 2.16. The first kappa shape index (κ1) is 14.5. The number of carboxylic acids is 1. The average molecular weight is 285 g/mol. The normalized spacial score (nSPS) is 10.0. The molecule has 0 spiro atoms. The number of hydrogen-bond acceptors (Lipinski definition) is 3. The van der Waals surface area contributed by atoms with Gasteiger partial charge in [-0.1, -0.05) is 12.1 Å². The number of nitrogens with one attached hydrogen (secondary N) is 2. The molecule has 2 amide bonds. The third-order valence-corrected chi connectivity index (χ3v) is 2.91. The fourth-order valence-electron chi connectivity index (χ4n) is 1.83. The maximum absolute atomic E-state index is 12.0. The van der Waals surface area contributed by atoms with Crippen molar-refractivity contribution in [2.75, 3.05) is 10.6 Å². The fourth-order valence-corrected chi connectivity index (χ4v) is 1.83. The first-order valence-corrected chi connectivity index (χ1v) is 6.31. The largest absolute Gasteiger partial charge is 0.478 e. The Morgan fingerprint density at radius 2 is 1.86 bits per heavy atom. The number of carbonyl (C=O) groups is 2. The number of hydrogen-bond donors (Lipinski definition) is 3. The smallest absolute Gasteiger partial charge is 0.337 e. The van der Waals surface area contributed by atoms with Crippen LogP contribution in [0.2, 0.25) is 0 Å². The zero-order valence-electron chi connectivity index (χ0n) is 11.7. The summed E-state index contributed by atoms with van der Waals surface area (Å²) in [5.74, 6) is -1.09. The number of urea groups is 1. The minimum Gasteiger partial charge on any atom is -0.478 e. The minimum atomic E-state index is -1.09. The summed E-state index contributed by atoms with van der Waals surface area (Å²) in [5.41, 5.74) is 2.37. The van der Waals surface area contributed by atoms with Crippen LogP contribution in [-0.4, -0.2) is 22.1 Å². The van der Waals surface area contributed by atoms with Crippen LogP contribution < -0.4 is 10.6 Å². The Morgan fingerprint density at radius 1 is 1.10 bits per heavy atom. The van der Waals surface area contributed by atoms with E-state index in [-0.39, 0.29) is 11.3 Å². The number of benzene rings is 1. The summed E-state index contributed by atoms with van der Waals surface area (Å²) in [4.78, 5) is 27.2. The molecule has 108 valence electrons. The second-order valence-electron chi connectivity index (χ2n) is 4.57. The summed E-state index contributed by atoms with van der Waals surface area (Å²) in [6.45, 7) is 3.58. The number of anilines is 2. The van der Waals surface area contributed by atoms with Gasteiger partial charge in [0, 0.05) is 5.69 Å². The lowest BCUT2D eigenvalue weighted by Gasteiger charge is -2.12. The van der Waals surface area contributed by atoms with Crippen LogP contribution in [0.15, 0.2) is 36.5 Å². The number of aromatic nitrogens is 1. The van der Waals surface area contributed by atoms with E-state index in [4.69, 9.17) is 5.11 Å². The van der Waals surface area contributed by atoms with Gasteiger partial charge in [0.2, 0.25) is 0 Å². The first-order chi connectivity index (χ1) is 9.97. The predicted molar refractivity (Wildman–Crippen MR) is 79.8 cm³/mol. The highest BCUT2D eigenvalue weighted by Gasteiger charge is 2.14. The van der Waals surface area contributed by atoms with Crippen LogP contribution in [0.3, 0.4) is 0 Å². The van der Waals surface area contributed by atoms with E-state index >= 15 is 0 Å². The number of rotatable bonds is 3. The van der Waals surface area contributed by atoms with Crippen molar-refractivity contribution in [3.63, 3.8) is 0 Å². The zero-order chi connectivity index (χ0) is 15.4. The first-order valence-electron chi connectivity index (χ1n) is 6.31. The van der Waals surface area contributed by atoms with Gasteiger partial charge in [-0.15, -0.1) is 0 Å². The van der Waals surface area contributed by atoms with Crippen molar-refractivity contribution >= 4 is 23.4 Å². The number of carbonyl (C=O) groups excluding carboxylic acids is 1. The summed E-state index contributed by atoms with van der Waals surface area (Å²) in [6.07, 6.45) is 1.53. The fraction of sp³-hybridized carbons (Fsp3) is 0.133. The van der Waals surface area contributed by atoms with Crippen molar-refractivity contribution in [3.8, 4) is 0 Å². The van der Waals surface area contributed by atoms with E-state index in [1.54, 1.807) is 31.2 Å². The van der Waals surface area contributed by atoms with Crippen molar-refractivity contribution in [1.82, 2.24) is 4.98 Å². The number of carboxylic acid groups (broad SMARTS) is 1. The Hall–Kier alpha value is -2.89. The monoisotopic (exact) mass is 285 g/mol. The van der Waals surface area contributed by atoms with Crippen molar-refractivity contribution in [3.05, 3.63) is 53.3 Å². The molecule has 6 heteroatoms. The van der Waals surface area contributed by atoms with E-state index in [2.05, 4.69) is 15.6 Å². The number of aromatic carboxylic acids is 1. The highest BCUT2D eigenvalue weighted by atomic mass is 16.4. The third kappa shape index (κ3) is 3.56. The molecular formula is C15H15N3O3. The predicted octanol–water partition coefficient (Wildman–Crippen LogP) is 3.04. The molecule has 0 fully saturated rings. The second kappa shape index (κ2) is 6.04. The van der Waals surface area contributed by atoms with Gasteiger partial charge in [-0.25, -0.2) is 9.59 Å². The van der Waals surface area contributed by atoms with Crippen molar-refractivity contribution in [2.45, 2.75) is 13.8 Å². The van der Waals surface area contributed by atoms with E-state index in [9.17, 15) is 9.59 Å². The number of pyridine rings is 1. The molecule has 0 aliphatic rings. The second-order valence-corrected chi connectivity index (χ2v) is 4.57. The molecule has 6 nitrogen and oxygen atoms in total. The van der Waals surface area contributed by atoms with E-state index in [0.29, 0.717) is 11.3 Å². The Bertz CT molecular complexity index is 681. The highest BCUT2D eigenvalue weighted by Crippen LogP contribution is 2.21. The van der Waals surface area contributed by atoms with Crippen LogP contribution in [0, 0.1) is 13.8 Å². The van der Waals surface area contributed by atoms with Crippen LogP contribution >= 0.6 is 0 Å². The van der Waals surface area contributed by atoms with Crippen LogP contribution in [0.4, 0.5) is 16.2 Å². The van der Waals surface area contributed by atoms with Crippen molar-refractivity contribution in [1.29, 1.82) is 0 Å². The molecule has 1 aromatic carbocycles. The Kier molecular flexibility index (Phi) is 4.18. The minimum absolute atomic E-state index is 0.0483. The van der Waals surface area contributed by atoms with Crippen molar-refractivity contribution < 1.29 is 14.7 Å². The molecule has 1 heterocycles. The van der Waals surface area contributed by atoms with E-state index in [1.807, 2.05) is 6.92 Å². The maximum atomic E-state index is 12.0. The van der Waals surface area contributed by atoms with Gasteiger partial charge in [-0.3, -0.25) is 4.98 Å². The number of nitrogens with zero attached hydrogens (tertiary/aromatic N) is 1. The van der Waals surface area contributed by atoms with Gasteiger partial charge in [0.15, 0.2) is 0 Å². The zero-order valence-corrected chi connectivity index (χ0v) is 11.7. The molecule has 0 radical (unpaired) electrons. The lowest BCUT2D eigenvalue weighted by Crippen LogP contribution is -2.21. The molecule has 0 aliphatic heterocycles. The maximum Gasteiger partial charge on any atom is 0.337 e. The number of amides is 2. The van der Waals surface area contributed by atoms with Gasteiger partial charge in [-0.05, 0) is 37.6 Å². The van der Waals surface area contributed by atoms with Gasteiger partial charge in [0.1, 0.15) is 0 Å². The summed E-state index contributed by atoms with van der Waals surface area (Å²) >= 11 is 0. The van der Waals surface area contributed by atoms with Crippen LogP contribution in [0.25, 0.3) is 0 Å². The molecule has 21 heavy (non-hydrogen) atoms. The summed E-state index contributed by atoms with van der Waals surface area (Å²) in [7, 11) is 0. The highest BCUT2D eigenvalue weighted by molar-refractivity contribution is 6.05. The summed E-state index contributed by atoms with van der Waals surface area (Å²) < 4.78 is 0. The van der Waals surface area contributed by atoms with Crippen LogP contribution in [-0.2, 0) is 0 Å². The summed E-state index contributed by atoms with van der Waals surface area (Å²) in [5, 5.41) is 14.3. The molecule has 0 saturated heterocycles. The molecular weight excluding hydrogens is 270 g/mol. The van der Waals surface area contributed by atoms with Crippen LogP contribution in [0.5, 0.6) is 0 Å². The molecule has 0 aliphatic carbocycles. The molecule has 1 aromatic heterocycles. The van der Waals surface area contributed by atoms with E-state index < -0.39 is 12.0 Å². The molecule has 0 atom stereocenters.